The predicted molar refractivity (Wildman–Crippen MR) is 87.2 cm³/mol. The van der Waals surface area contributed by atoms with Gasteiger partial charge >= 0.3 is 0 Å². The van der Waals surface area contributed by atoms with Gasteiger partial charge < -0.3 is 10.3 Å². The fraction of sp³-hybridized carbons (Fsp3) is 0.125. The summed E-state index contributed by atoms with van der Waals surface area (Å²) in [6, 6.07) is 4.59. The monoisotopic (exact) mass is 328 g/mol. The number of carbonyl (C=O) groups is 1. The number of fused-ring (bicyclic) bond motifs is 2. The number of nitrogens with one attached hydrogen (secondary N) is 2. The van der Waals surface area contributed by atoms with E-state index in [0.29, 0.717) is 17.8 Å². The number of imidazole rings is 1. The van der Waals surface area contributed by atoms with Gasteiger partial charge in [-0.05, 0) is 30.7 Å². The first kappa shape index (κ1) is 14.0. The number of hydrogen-bond acceptors (Lipinski definition) is 3. The van der Waals surface area contributed by atoms with Crippen molar-refractivity contribution in [3.63, 3.8) is 0 Å². The van der Waals surface area contributed by atoms with E-state index in [1.165, 1.54) is 12.1 Å². The maximum Gasteiger partial charge on any atom is 0.268 e. The molecule has 1 amide bonds. The van der Waals surface area contributed by atoms with Crippen LogP contribution >= 0.6 is 11.3 Å². The minimum Gasteiger partial charge on any atom is -0.350 e. The molecule has 1 aromatic carbocycles. The molecule has 0 saturated carbocycles. The van der Waals surface area contributed by atoms with Crippen LogP contribution in [0.25, 0.3) is 15.9 Å². The summed E-state index contributed by atoms with van der Waals surface area (Å²) in [5.41, 5.74) is 2.62. The first-order chi connectivity index (χ1) is 11.1. The van der Waals surface area contributed by atoms with Crippen LogP contribution in [-0.4, -0.2) is 20.3 Å². The summed E-state index contributed by atoms with van der Waals surface area (Å²) in [6.45, 7) is 2.16. The van der Waals surface area contributed by atoms with Gasteiger partial charge in [0.05, 0.1) is 12.2 Å². The normalized spacial score (nSPS) is 11.4. The number of H-pyrrole nitrogens is 1. The van der Waals surface area contributed by atoms with Crippen LogP contribution in [0.4, 0.5) is 4.39 Å². The average molecular weight is 328 g/mol. The van der Waals surface area contributed by atoms with Gasteiger partial charge in [-0.1, -0.05) is 0 Å². The second-order valence-electron chi connectivity index (χ2n) is 5.37. The Hall–Kier alpha value is -2.67. The maximum absolute atomic E-state index is 13.4. The SMILES string of the molecule is Cc1cc(F)cc2[nH]c(C(=O)NCc3cn4ccsc4n3)cc12. The van der Waals surface area contributed by atoms with Crippen molar-refractivity contribution < 1.29 is 9.18 Å². The quantitative estimate of drug-likeness (QED) is 0.606. The molecule has 4 aromatic rings. The molecule has 0 bridgehead atoms. The number of amides is 1. The molecule has 0 saturated heterocycles. The molecule has 0 unspecified atom stereocenters. The molecule has 116 valence electrons. The van der Waals surface area contributed by atoms with Crippen LogP contribution in [-0.2, 0) is 6.54 Å². The lowest BCUT2D eigenvalue weighted by Gasteiger charge is -2.00. The molecular weight excluding hydrogens is 315 g/mol. The van der Waals surface area contributed by atoms with Crippen molar-refractivity contribution >= 4 is 33.1 Å². The van der Waals surface area contributed by atoms with Crippen molar-refractivity contribution in [3.05, 3.63) is 58.7 Å². The number of benzene rings is 1. The summed E-state index contributed by atoms with van der Waals surface area (Å²) in [6.07, 6.45) is 3.81. The number of aryl methyl sites for hydroxylation is 1. The van der Waals surface area contributed by atoms with Gasteiger partial charge in [-0.25, -0.2) is 9.37 Å². The van der Waals surface area contributed by atoms with Gasteiger partial charge in [0.25, 0.3) is 5.91 Å². The van der Waals surface area contributed by atoms with Crippen LogP contribution in [0.15, 0.2) is 36.0 Å². The van der Waals surface area contributed by atoms with Crippen LogP contribution in [0.1, 0.15) is 21.7 Å². The molecule has 0 aliphatic heterocycles. The zero-order valence-electron chi connectivity index (χ0n) is 12.3. The number of aromatic nitrogens is 3. The first-order valence-corrected chi connectivity index (χ1v) is 7.96. The highest BCUT2D eigenvalue weighted by Crippen LogP contribution is 2.21. The summed E-state index contributed by atoms with van der Waals surface area (Å²) >= 11 is 1.54. The highest BCUT2D eigenvalue weighted by atomic mass is 32.1. The molecule has 2 N–H and O–H groups in total. The Bertz CT molecular complexity index is 1000. The Morgan fingerprint density at radius 1 is 1.43 bits per heavy atom. The van der Waals surface area contributed by atoms with Crippen LogP contribution in [0.3, 0.4) is 0 Å². The van der Waals surface area contributed by atoms with E-state index in [1.807, 2.05) is 29.1 Å². The van der Waals surface area contributed by atoms with E-state index in [1.54, 1.807) is 17.4 Å². The third-order valence-corrected chi connectivity index (χ3v) is 4.50. The number of hydrogen-bond donors (Lipinski definition) is 2. The molecule has 7 heteroatoms. The predicted octanol–water partition coefficient (Wildman–Crippen LogP) is 3.25. The Morgan fingerprint density at radius 3 is 3.13 bits per heavy atom. The van der Waals surface area contributed by atoms with Gasteiger partial charge in [0, 0.05) is 28.7 Å². The Labute approximate surface area is 134 Å². The minimum atomic E-state index is -0.318. The Morgan fingerprint density at radius 2 is 2.30 bits per heavy atom. The highest BCUT2D eigenvalue weighted by Gasteiger charge is 2.12. The van der Waals surface area contributed by atoms with Crippen molar-refractivity contribution in [1.29, 1.82) is 0 Å². The fourth-order valence-electron chi connectivity index (χ4n) is 2.62. The van der Waals surface area contributed by atoms with Gasteiger partial charge in [0.1, 0.15) is 11.5 Å². The molecule has 3 aromatic heterocycles. The summed E-state index contributed by atoms with van der Waals surface area (Å²) in [4.78, 5) is 20.5. The number of nitrogens with zero attached hydrogens (tertiary/aromatic N) is 2. The zero-order chi connectivity index (χ0) is 16.0. The lowest BCUT2D eigenvalue weighted by atomic mass is 10.1. The van der Waals surface area contributed by atoms with E-state index in [-0.39, 0.29) is 11.7 Å². The van der Waals surface area contributed by atoms with Gasteiger partial charge in [0.2, 0.25) is 0 Å². The smallest absolute Gasteiger partial charge is 0.268 e. The molecule has 23 heavy (non-hydrogen) atoms. The third-order valence-electron chi connectivity index (χ3n) is 3.73. The molecule has 5 nitrogen and oxygen atoms in total. The molecule has 0 aliphatic rings. The topological polar surface area (TPSA) is 62.2 Å². The summed E-state index contributed by atoms with van der Waals surface area (Å²) in [5, 5.41) is 5.63. The molecule has 0 fully saturated rings. The standard InChI is InChI=1S/C16H13FN4OS/c1-9-4-10(17)5-13-12(9)6-14(20-13)15(22)18-7-11-8-21-2-3-23-16(21)19-11/h2-6,8,20H,7H2,1H3,(H,18,22). The Balaban J connectivity index is 1.54. The van der Waals surface area contributed by atoms with Crippen molar-refractivity contribution in [1.82, 2.24) is 19.7 Å². The summed E-state index contributed by atoms with van der Waals surface area (Å²) < 4.78 is 15.3. The molecule has 4 rings (SSSR count). The van der Waals surface area contributed by atoms with Crippen molar-refractivity contribution in [2.45, 2.75) is 13.5 Å². The second kappa shape index (κ2) is 5.20. The number of thiazole rings is 1. The van der Waals surface area contributed by atoms with E-state index in [2.05, 4.69) is 15.3 Å². The van der Waals surface area contributed by atoms with Crippen LogP contribution in [0.2, 0.25) is 0 Å². The van der Waals surface area contributed by atoms with Crippen molar-refractivity contribution in [3.8, 4) is 0 Å². The van der Waals surface area contributed by atoms with E-state index in [4.69, 9.17) is 0 Å². The molecular formula is C16H13FN4OS. The molecule has 0 spiro atoms. The minimum absolute atomic E-state index is 0.239. The second-order valence-corrected chi connectivity index (χ2v) is 6.25. The van der Waals surface area contributed by atoms with E-state index >= 15 is 0 Å². The Kier molecular flexibility index (Phi) is 3.16. The third kappa shape index (κ3) is 2.49. The lowest BCUT2D eigenvalue weighted by molar-refractivity contribution is 0.0946. The highest BCUT2D eigenvalue weighted by molar-refractivity contribution is 7.15. The van der Waals surface area contributed by atoms with Crippen LogP contribution < -0.4 is 5.32 Å². The number of halogens is 1. The first-order valence-electron chi connectivity index (χ1n) is 7.08. The maximum atomic E-state index is 13.4. The zero-order valence-corrected chi connectivity index (χ0v) is 13.1. The lowest BCUT2D eigenvalue weighted by Crippen LogP contribution is -2.23. The largest absolute Gasteiger partial charge is 0.350 e. The van der Waals surface area contributed by atoms with Gasteiger partial charge in [-0.2, -0.15) is 0 Å². The molecule has 0 atom stereocenters. The van der Waals surface area contributed by atoms with E-state index < -0.39 is 0 Å². The van der Waals surface area contributed by atoms with Crippen molar-refractivity contribution in [2.75, 3.05) is 0 Å². The molecule has 0 aliphatic carbocycles. The number of aromatic amines is 1. The van der Waals surface area contributed by atoms with Gasteiger partial charge in [-0.15, -0.1) is 11.3 Å². The van der Waals surface area contributed by atoms with Gasteiger partial charge in [0.15, 0.2) is 4.96 Å². The van der Waals surface area contributed by atoms with E-state index in [0.717, 1.165) is 21.6 Å². The number of rotatable bonds is 3. The fourth-order valence-corrected chi connectivity index (χ4v) is 3.34. The molecule has 0 radical (unpaired) electrons. The molecule has 3 heterocycles. The van der Waals surface area contributed by atoms with Crippen LogP contribution in [0.5, 0.6) is 0 Å². The number of carbonyl (C=O) groups excluding carboxylic acids is 1. The van der Waals surface area contributed by atoms with Gasteiger partial charge in [-0.3, -0.25) is 9.20 Å². The van der Waals surface area contributed by atoms with Crippen molar-refractivity contribution in [2.24, 2.45) is 0 Å². The van der Waals surface area contributed by atoms with Crippen LogP contribution in [0, 0.1) is 12.7 Å². The van der Waals surface area contributed by atoms with E-state index in [9.17, 15) is 9.18 Å². The summed E-state index contributed by atoms with van der Waals surface area (Å²) in [5.74, 6) is -0.556. The average Bonchev–Trinajstić information content (AvgIpc) is 3.17. The summed E-state index contributed by atoms with van der Waals surface area (Å²) in [7, 11) is 0.